The summed E-state index contributed by atoms with van der Waals surface area (Å²) in [4.78, 5) is 31.1. The van der Waals surface area contributed by atoms with Crippen molar-refractivity contribution in [2.75, 3.05) is 21.7 Å². The highest BCUT2D eigenvalue weighted by Crippen LogP contribution is 2.49. The number of hydrogen-bond donors (Lipinski definition) is 1. The maximum Gasteiger partial charge on any atom is 0.279 e. The molecule has 2 heterocycles. The number of hydrogen-bond acceptors (Lipinski definition) is 3. The maximum atomic E-state index is 13.9. The fraction of sp³-hybridized carbons (Fsp3) is 0.167. The molecule has 5 heteroatoms. The van der Waals surface area contributed by atoms with Crippen LogP contribution in [0.3, 0.4) is 0 Å². The van der Waals surface area contributed by atoms with Crippen molar-refractivity contribution in [3.8, 4) is 0 Å². The quantitative estimate of drug-likeness (QED) is 0.731. The number of rotatable bonds is 3. The Kier molecular flexibility index (Phi) is 3.91. The zero-order valence-corrected chi connectivity index (χ0v) is 16.1. The highest BCUT2D eigenvalue weighted by Gasteiger charge is 2.59. The number of amides is 2. The molecule has 0 aromatic heterocycles. The third-order valence-electron chi connectivity index (χ3n) is 5.61. The van der Waals surface area contributed by atoms with Gasteiger partial charge in [0, 0.05) is 23.5 Å². The van der Waals surface area contributed by atoms with Gasteiger partial charge in [0.1, 0.15) is 0 Å². The van der Waals surface area contributed by atoms with Gasteiger partial charge in [0.2, 0.25) is 5.66 Å². The number of nitrogens with zero attached hydrogens (tertiary/aromatic N) is 2. The Morgan fingerprint density at radius 1 is 0.862 bits per heavy atom. The topological polar surface area (TPSA) is 52.7 Å². The summed E-state index contributed by atoms with van der Waals surface area (Å²) in [6.07, 6.45) is 0.825. The number of benzene rings is 3. The van der Waals surface area contributed by atoms with Crippen molar-refractivity contribution < 1.29 is 9.59 Å². The van der Waals surface area contributed by atoms with Crippen LogP contribution in [0, 0.1) is 0 Å². The van der Waals surface area contributed by atoms with Crippen molar-refractivity contribution in [2.24, 2.45) is 0 Å². The largest absolute Gasteiger partial charge is 0.350 e. The molecule has 29 heavy (non-hydrogen) atoms. The SMILES string of the molecule is CCCN1C(=O)[C@]2(Nc3ccccc3C(=O)N2c2ccccc2)c2ccccc21. The van der Waals surface area contributed by atoms with Gasteiger partial charge in [-0.15, -0.1) is 0 Å². The number of carbonyl (C=O) groups excluding carboxylic acids is 2. The van der Waals surface area contributed by atoms with Crippen LogP contribution in [0.25, 0.3) is 0 Å². The normalized spacial score (nSPS) is 19.9. The predicted molar refractivity (Wildman–Crippen MR) is 114 cm³/mol. The van der Waals surface area contributed by atoms with Crippen LogP contribution in [-0.2, 0) is 10.5 Å². The highest BCUT2D eigenvalue weighted by molar-refractivity contribution is 6.22. The average Bonchev–Trinajstić information content (AvgIpc) is 2.98. The molecule has 0 unspecified atom stereocenters. The lowest BCUT2D eigenvalue weighted by molar-refractivity contribution is -0.122. The molecule has 0 bridgehead atoms. The lowest BCUT2D eigenvalue weighted by Crippen LogP contribution is -2.63. The van der Waals surface area contributed by atoms with Crippen LogP contribution in [0.2, 0.25) is 0 Å². The minimum Gasteiger partial charge on any atom is -0.350 e. The Labute approximate surface area is 169 Å². The van der Waals surface area contributed by atoms with Crippen molar-refractivity contribution in [1.29, 1.82) is 0 Å². The van der Waals surface area contributed by atoms with E-state index in [9.17, 15) is 9.59 Å². The van der Waals surface area contributed by atoms with Gasteiger partial charge in [0.05, 0.1) is 11.3 Å². The molecule has 3 aromatic carbocycles. The van der Waals surface area contributed by atoms with Crippen LogP contribution in [-0.4, -0.2) is 18.4 Å². The number of carbonyl (C=O) groups is 2. The standard InChI is InChI=1S/C24H21N3O2/c1-2-16-26-21-15-9-7-13-19(21)24(23(26)29)25-20-14-8-6-12-18(20)22(28)27(24)17-10-4-3-5-11-17/h3-15,25H,2,16H2,1H3/t24-/m0/s1. The van der Waals surface area contributed by atoms with E-state index in [1.807, 2.05) is 79.7 Å². The van der Waals surface area contributed by atoms with Crippen LogP contribution in [0.4, 0.5) is 17.1 Å². The minimum atomic E-state index is -1.31. The summed E-state index contributed by atoms with van der Waals surface area (Å²) in [5.41, 5.74) is 2.25. The van der Waals surface area contributed by atoms with E-state index in [-0.39, 0.29) is 11.8 Å². The summed E-state index contributed by atoms with van der Waals surface area (Å²) in [5, 5.41) is 3.46. The third-order valence-corrected chi connectivity index (χ3v) is 5.61. The van der Waals surface area contributed by atoms with Crippen LogP contribution in [0.15, 0.2) is 78.9 Å². The Morgan fingerprint density at radius 3 is 2.34 bits per heavy atom. The second-order valence-corrected chi connectivity index (χ2v) is 7.33. The second kappa shape index (κ2) is 6.48. The van der Waals surface area contributed by atoms with Gasteiger partial charge >= 0.3 is 0 Å². The van der Waals surface area contributed by atoms with Gasteiger partial charge in [-0.3, -0.25) is 14.5 Å². The van der Waals surface area contributed by atoms with E-state index in [0.717, 1.165) is 17.7 Å². The van der Waals surface area contributed by atoms with Crippen molar-refractivity contribution in [1.82, 2.24) is 0 Å². The van der Waals surface area contributed by atoms with Gasteiger partial charge < -0.3 is 10.2 Å². The van der Waals surface area contributed by atoms with E-state index in [0.29, 0.717) is 23.5 Å². The molecule has 2 amide bonds. The molecule has 0 aliphatic carbocycles. The summed E-state index contributed by atoms with van der Waals surface area (Å²) in [7, 11) is 0. The number of fused-ring (bicyclic) bond motifs is 3. The molecule has 1 N–H and O–H groups in total. The Balaban J connectivity index is 1.81. The lowest BCUT2D eigenvalue weighted by Gasteiger charge is -2.45. The zero-order valence-electron chi connectivity index (χ0n) is 16.1. The Hall–Kier alpha value is -3.60. The molecule has 144 valence electrons. The minimum absolute atomic E-state index is 0.132. The number of anilines is 3. The summed E-state index contributed by atoms with van der Waals surface area (Å²) in [6.45, 7) is 2.64. The van der Waals surface area contributed by atoms with Crippen LogP contribution in [0.5, 0.6) is 0 Å². The van der Waals surface area contributed by atoms with Crippen molar-refractivity contribution in [2.45, 2.75) is 19.0 Å². The fourth-order valence-electron chi connectivity index (χ4n) is 4.41. The summed E-state index contributed by atoms with van der Waals surface area (Å²) < 4.78 is 0. The van der Waals surface area contributed by atoms with Gasteiger partial charge in [0.25, 0.3) is 11.8 Å². The highest BCUT2D eigenvalue weighted by atomic mass is 16.2. The monoisotopic (exact) mass is 383 g/mol. The summed E-state index contributed by atoms with van der Waals surface area (Å²) in [5.74, 6) is -0.320. The smallest absolute Gasteiger partial charge is 0.279 e. The molecule has 2 aliphatic heterocycles. The first-order valence-corrected chi connectivity index (χ1v) is 9.87. The van der Waals surface area contributed by atoms with Crippen molar-refractivity contribution >= 4 is 28.9 Å². The van der Waals surface area contributed by atoms with Gasteiger partial charge in [-0.05, 0) is 36.8 Å². The first-order valence-electron chi connectivity index (χ1n) is 9.87. The van der Waals surface area contributed by atoms with Gasteiger partial charge in [-0.25, -0.2) is 0 Å². The first kappa shape index (κ1) is 17.5. The fourth-order valence-corrected chi connectivity index (χ4v) is 4.41. The molecule has 3 aromatic rings. The molecule has 2 aliphatic rings. The molecule has 0 fully saturated rings. The predicted octanol–water partition coefficient (Wildman–Crippen LogP) is 4.37. The molecular formula is C24H21N3O2. The molecule has 5 rings (SSSR count). The van der Waals surface area contributed by atoms with Crippen LogP contribution < -0.4 is 15.1 Å². The molecule has 1 atom stereocenters. The zero-order chi connectivity index (χ0) is 20.0. The van der Waals surface area contributed by atoms with Crippen molar-refractivity contribution in [3.63, 3.8) is 0 Å². The van der Waals surface area contributed by atoms with E-state index in [4.69, 9.17) is 0 Å². The molecule has 5 nitrogen and oxygen atoms in total. The van der Waals surface area contributed by atoms with Crippen LogP contribution in [0.1, 0.15) is 29.3 Å². The van der Waals surface area contributed by atoms with E-state index >= 15 is 0 Å². The molecular weight excluding hydrogens is 362 g/mol. The Bertz CT molecular complexity index is 1110. The summed E-state index contributed by atoms with van der Waals surface area (Å²) >= 11 is 0. The Morgan fingerprint density at radius 2 is 1.55 bits per heavy atom. The van der Waals surface area contributed by atoms with Gasteiger partial charge in [-0.1, -0.05) is 55.5 Å². The van der Waals surface area contributed by atoms with Crippen LogP contribution >= 0.6 is 0 Å². The molecule has 0 radical (unpaired) electrons. The third kappa shape index (κ3) is 2.34. The van der Waals surface area contributed by atoms with E-state index in [2.05, 4.69) is 5.32 Å². The molecule has 1 spiro atoms. The summed E-state index contributed by atoms with van der Waals surface area (Å²) in [6, 6.07) is 24.5. The lowest BCUT2D eigenvalue weighted by atomic mass is 9.92. The van der Waals surface area contributed by atoms with E-state index < -0.39 is 5.66 Å². The number of nitrogens with one attached hydrogen (secondary N) is 1. The second-order valence-electron chi connectivity index (χ2n) is 7.33. The average molecular weight is 383 g/mol. The van der Waals surface area contributed by atoms with Gasteiger partial charge in [-0.2, -0.15) is 0 Å². The maximum absolute atomic E-state index is 13.9. The molecule has 0 saturated heterocycles. The van der Waals surface area contributed by atoms with Gasteiger partial charge in [0.15, 0.2) is 0 Å². The first-order chi connectivity index (χ1) is 14.2. The molecule has 0 saturated carbocycles. The van der Waals surface area contributed by atoms with E-state index in [1.165, 1.54) is 0 Å². The van der Waals surface area contributed by atoms with E-state index in [1.54, 1.807) is 15.9 Å². The number of para-hydroxylation sites is 3. The van der Waals surface area contributed by atoms with Crippen molar-refractivity contribution in [3.05, 3.63) is 90.0 Å².